The van der Waals surface area contributed by atoms with Gasteiger partial charge in [-0.2, -0.15) is 21.6 Å². The third kappa shape index (κ3) is 6.62. The number of carbonyl (C=O) groups excluding carboxylic acids is 2. The molecular weight excluding hydrogens is 601 g/mol. The van der Waals surface area contributed by atoms with Crippen LogP contribution in [-0.4, -0.2) is 35.0 Å². The second-order valence-corrected chi connectivity index (χ2v) is 11.4. The Kier molecular flexibility index (Phi) is 8.21. The van der Waals surface area contributed by atoms with Gasteiger partial charge < -0.3 is 21.3 Å². The Balaban J connectivity index is 0.000000748. The third-order valence-corrected chi connectivity index (χ3v) is 7.57. The first-order valence-electron chi connectivity index (χ1n) is 12.4. The predicted molar refractivity (Wildman–Crippen MR) is 152 cm³/mol. The van der Waals surface area contributed by atoms with Crippen molar-refractivity contribution in [3.05, 3.63) is 82.4 Å². The number of halogens is 4. The SMILES string of the molecule is Cc1c(Cl)cccc1NC(=O)C1(C2(C)CC2)Nc2ccc(NC(=O)c3ccccc3C(F)(F)F)cc2N1.O=S(=O)(O)O. The highest BCUT2D eigenvalue weighted by Gasteiger charge is 2.63. The second kappa shape index (κ2) is 11.1. The largest absolute Gasteiger partial charge is 0.417 e. The molecule has 10 nitrogen and oxygen atoms in total. The zero-order valence-electron chi connectivity index (χ0n) is 22.1. The first-order chi connectivity index (χ1) is 19.4. The molecule has 2 amide bonds. The highest BCUT2D eigenvalue weighted by atomic mass is 35.5. The number of hydrogen-bond acceptors (Lipinski definition) is 6. The third-order valence-electron chi connectivity index (χ3n) is 7.16. The van der Waals surface area contributed by atoms with Crippen molar-refractivity contribution in [2.24, 2.45) is 5.41 Å². The molecule has 5 rings (SSSR count). The summed E-state index contributed by atoms with van der Waals surface area (Å²) < 4.78 is 71.7. The van der Waals surface area contributed by atoms with Gasteiger partial charge in [0.25, 0.3) is 11.8 Å². The average Bonchev–Trinajstić information content (AvgIpc) is 3.52. The summed E-state index contributed by atoms with van der Waals surface area (Å²) in [5.41, 5.74) is -0.233. The van der Waals surface area contributed by atoms with Crippen LogP contribution in [0.25, 0.3) is 0 Å². The maximum Gasteiger partial charge on any atom is 0.417 e. The fourth-order valence-electron chi connectivity index (χ4n) is 4.61. The minimum absolute atomic E-state index is 0.290. The number of benzene rings is 3. The lowest BCUT2D eigenvalue weighted by Gasteiger charge is -2.35. The van der Waals surface area contributed by atoms with Gasteiger partial charge in [-0.25, -0.2) is 0 Å². The molecule has 15 heteroatoms. The Labute approximate surface area is 244 Å². The molecular formula is C27H26ClF3N4O6S. The molecule has 1 heterocycles. The van der Waals surface area contributed by atoms with E-state index in [0.29, 0.717) is 22.1 Å². The van der Waals surface area contributed by atoms with Crippen LogP contribution in [-0.2, 0) is 21.4 Å². The second-order valence-electron chi connectivity index (χ2n) is 10.1. The van der Waals surface area contributed by atoms with Gasteiger partial charge in [0, 0.05) is 21.8 Å². The molecule has 0 spiro atoms. The van der Waals surface area contributed by atoms with Crippen LogP contribution in [0, 0.1) is 12.3 Å². The van der Waals surface area contributed by atoms with Crippen molar-refractivity contribution in [3.8, 4) is 0 Å². The quantitative estimate of drug-likeness (QED) is 0.182. The van der Waals surface area contributed by atoms with Crippen molar-refractivity contribution >= 4 is 56.6 Å². The van der Waals surface area contributed by atoms with Crippen molar-refractivity contribution in [2.75, 3.05) is 21.3 Å². The lowest BCUT2D eigenvalue weighted by Crippen LogP contribution is -2.58. The van der Waals surface area contributed by atoms with Gasteiger partial charge in [0.1, 0.15) is 0 Å². The topological polar surface area (TPSA) is 157 Å². The van der Waals surface area contributed by atoms with Crippen molar-refractivity contribution in [1.82, 2.24) is 0 Å². The number of nitrogens with one attached hydrogen (secondary N) is 4. The summed E-state index contributed by atoms with van der Waals surface area (Å²) in [4.78, 5) is 26.4. The van der Waals surface area contributed by atoms with Crippen molar-refractivity contribution in [1.29, 1.82) is 0 Å². The van der Waals surface area contributed by atoms with Crippen LogP contribution in [0.5, 0.6) is 0 Å². The number of rotatable bonds is 5. The number of carbonyl (C=O) groups is 2. The van der Waals surface area contributed by atoms with Gasteiger partial charge in [-0.05, 0) is 67.8 Å². The van der Waals surface area contributed by atoms with Crippen molar-refractivity contribution < 1.29 is 40.3 Å². The fraction of sp³-hybridized carbons (Fsp3) is 0.259. The molecule has 1 saturated carbocycles. The minimum Gasteiger partial charge on any atom is -0.353 e. The molecule has 3 aromatic carbocycles. The molecule has 1 aliphatic heterocycles. The van der Waals surface area contributed by atoms with E-state index in [1.165, 1.54) is 12.1 Å². The number of hydrogen-bond donors (Lipinski definition) is 6. The van der Waals surface area contributed by atoms with Crippen LogP contribution >= 0.6 is 11.6 Å². The summed E-state index contributed by atoms with van der Waals surface area (Å²) in [6.07, 6.45) is -3.05. The van der Waals surface area contributed by atoms with E-state index < -0.39 is 44.7 Å². The van der Waals surface area contributed by atoms with Crippen LogP contribution in [0.1, 0.15) is 41.3 Å². The monoisotopic (exact) mass is 626 g/mol. The van der Waals surface area contributed by atoms with E-state index in [-0.39, 0.29) is 11.6 Å². The van der Waals surface area contributed by atoms with Crippen molar-refractivity contribution in [3.63, 3.8) is 0 Å². The molecule has 1 atom stereocenters. The zero-order valence-corrected chi connectivity index (χ0v) is 23.7. The normalized spacial score (nSPS) is 18.4. The molecule has 0 aromatic heterocycles. The Bertz CT molecular complexity index is 1660. The lowest BCUT2D eigenvalue weighted by molar-refractivity contribution is -0.137. The van der Waals surface area contributed by atoms with E-state index in [1.54, 1.807) is 36.4 Å². The van der Waals surface area contributed by atoms with Crippen LogP contribution < -0.4 is 21.3 Å². The van der Waals surface area contributed by atoms with Gasteiger partial charge in [0.2, 0.25) is 0 Å². The van der Waals surface area contributed by atoms with Gasteiger partial charge in [-0.15, -0.1) is 0 Å². The van der Waals surface area contributed by atoms with Gasteiger partial charge >= 0.3 is 16.6 Å². The maximum absolute atomic E-state index is 13.7. The Morgan fingerprint density at radius 1 is 0.952 bits per heavy atom. The van der Waals surface area contributed by atoms with E-state index in [0.717, 1.165) is 30.5 Å². The van der Waals surface area contributed by atoms with Crippen LogP contribution in [0.4, 0.5) is 35.9 Å². The van der Waals surface area contributed by atoms with Crippen LogP contribution in [0.2, 0.25) is 5.02 Å². The Hall–Kier alpha value is -3.85. The predicted octanol–water partition coefficient (Wildman–Crippen LogP) is 6.24. The maximum atomic E-state index is 13.7. The Morgan fingerprint density at radius 2 is 1.57 bits per heavy atom. The van der Waals surface area contributed by atoms with Gasteiger partial charge in [-0.1, -0.05) is 36.7 Å². The molecule has 1 aliphatic carbocycles. The first kappa shape index (κ1) is 31.1. The van der Waals surface area contributed by atoms with E-state index in [4.69, 9.17) is 29.1 Å². The fourth-order valence-corrected chi connectivity index (χ4v) is 4.78. The highest BCUT2D eigenvalue weighted by Crippen LogP contribution is 2.58. The number of amides is 2. The minimum atomic E-state index is -4.67. The summed E-state index contributed by atoms with van der Waals surface area (Å²) in [6, 6.07) is 14.7. The standard InChI is InChI=1S/C27H24ClF3N4O2.H2O4S/c1-15-19(28)8-5-9-20(15)33-24(37)26(25(2)12-13-25)34-21-11-10-16(14-22(21)35-26)32-23(36)17-6-3-4-7-18(17)27(29,30)31;1-5(2,3)4/h3-11,14,34-35H,12-13H2,1-2H3,(H,32,36)(H,33,37);(H2,1,2,3,4). The molecule has 0 bridgehead atoms. The molecule has 0 saturated heterocycles. The molecule has 2 aliphatic rings. The molecule has 224 valence electrons. The lowest BCUT2D eigenvalue weighted by atomic mass is 9.90. The van der Waals surface area contributed by atoms with Crippen LogP contribution in [0.3, 0.4) is 0 Å². The van der Waals surface area contributed by atoms with Gasteiger partial charge in [0.05, 0.1) is 22.5 Å². The van der Waals surface area contributed by atoms with E-state index in [2.05, 4.69) is 21.3 Å². The summed E-state index contributed by atoms with van der Waals surface area (Å²) in [6.45, 7) is 3.82. The number of alkyl halides is 3. The van der Waals surface area contributed by atoms with E-state index in [9.17, 15) is 22.8 Å². The average molecular weight is 627 g/mol. The molecule has 42 heavy (non-hydrogen) atoms. The van der Waals surface area contributed by atoms with Crippen molar-refractivity contribution in [2.45, 2.75) is 38.5 Å². The molecule has 0 radical (unpaired) electrons. The summed E-state index contributed by atoms with van der Waals surface area (Å²) in [5.74, 6) is -1.17. The molecule has 1 unspecified atom stereocenters. The smallest absolute Gasteiger partial charge is 0.353 e. The van der Waals surface area contributed by atoms with Gasteiger partial charge in [-0.3, -0.25) is 18.7 Å². The molecule has 6 N–H and O–H groups in total. The summed E-state index contributed by atoms with van der Waals surface area (Å²) >= 11 is 6.23. The van der Waals surface area contributed by atoms with Gasteiger partial charge in [0.15, 0.2) is 5.66 Å². The highest BCUT2D eigenvalue weighted by molar-refractivity contribution is 7.79. The molecule has 1 fully saturated rings. The summed E-state index contributed by atoms with van der Waals surface area (Å²) in [7, 11) is -4.67. The number of fused-ring (bicyclic) bond motifs is 1. The first-order valence-corrected chi connectivity index (χ1v) is 14.2. The Morgan fingerprint density at radius 3 is 2.19 bits per heavy atom. The zero-order chi connectivity index (χ0) is 31.1. The van der Waals surface area contributed by atoms with E-state index >= 15 is 0 Å². The van der Waals surface area contributed by atoms with E-state index in [1.807, 2.05) is 13.8 Å². The summed E-state index contributed by atoms with van der Waals surface area (Å²) in [5, 5.41) is 12.7. The molecule has 3 aromatic rings. The van der Waals surface area contributed by atoms with Crippen LogP contribution in [0.15, 0.2) is 60.7 Å². The number of anilines is 4.